The number of hydrogen-bond donors (Lipinski definition) is 1. The van der Waals surface area contributed by atoms with Crippen molar-refractivity contribution in [2.24, 2.45) is 17.6 Å². The van der Waals surface area contributed by atoms with Crippen LogP contribution in [0.15, 0.2) is 18.2 Å². The van der Waals surface area contributed by atoms with Gasteiger partial charge in [0.2, 0.25) is 0 Å². The third-order valence-corrected chi connectivity index (χ3v) is 3.15. The maximum Gasteiger partial charge on any atom is 0.167 e. The Balaban J connectivity index is 2.96. The molecule has 0 spiro atoms. The summed E-state index contributed by atoms with van der Waals surface area (Å²) in [7, 11) is 0. The zero-order chi connectivity index (χ0) is 13.7. The summed E-state index contributed by atoms with van der Waals surface area (Å²) in [5, 5.41) is 0. The molecule has 0 fully saturated rings. The van der Waals surface area contributed by atoms with E-state index < -0.39 is 0 Å². The second kappa shape index (κ2) is 6.55. The largest absolute Gasteiger partial charge is 0.494 e. The lowest BCUT2D eigenvalue weighted by Gasteiger charge is -2.18. The highest BCUT2D eigenvalue weighted by atomic mass is 16.5. The zero-order valence-corrected chi connectivity index (χ0v) is 11.7. The van der Waals surface area contributed by atoms with Gasteiger partial charge >= 0.3 is 0 Å². The van der Waals surface area contributed by atoms with Crippen molar-refractivity contribution in [3.63, 3.8) is 0 Å². The van der Waals surface area contributed by atoms with Gasteiger partial charge in [0.05, 0.1) is 6.61 Å². The van der Waals surface area contributed by atoms with Gasteiger partial charge in [0.15, 0.2) is 5.78 Å². The second-order valence-electron chi connectivity index (χ2n) is 4.86. The van der Waals surface area contributed by atoms with Crippen molar-refractivity contribution in [2.75, 3.05) is 13.2 Å². The van der Waals surface area contributed by atoms with E-state index in [1.807, 2.05) is 45.9 Å². The van der Waals surface area contributed by atoms with Crippen LogP contribution in [-0.4, -0.2) is 18.9 Å². The van der Waals surface area contributed by atoms with E-state index in [0.29, 0.717) is 13.2 Å². The van der Waals surface area contributed by atoms with Crippen molar-refractivity contribution in [1.82, 2.24) is 0 Å². The first-order chi connectivity index (χ1) is 8.51. The van der Waals surface area contributed by atoms with Crippen molar-refractivity contribution in [1.29, 1.82) is 0 Å². The predicted molar refractivity (Wildman–Crippen MR) is 74.1 cm³/mol. The van der Waals surface area contributed by atoms with E-state index in [2.05, 4.69) is 0 Å². The first kappa shape index (κ1) is 14.7. The molecule has 1 aromatic carbocycles. The number of aryl methyl sites for hydroxylation is 1. The molecule has 0 saturated carbocycles. The molecule has 3 nitrogen and oxygen atoms in total. The Morgan fingerprint density at radius 1 is 1.39 bits per heavy atom. The standard InChI is InChI=1S/C15H23NO2/c1-5-18-14-7-6-12(8-11(14)4)15(17)13(9-16)10(2)3/h6-8,10,13H,5,9,16H2,1-4H3. The molecular formula is C15H23NO2. The maximum atomic E-state index is 12.3. The topological polar surface area (TPSA) is 52.3 Å². The van der Waals surface area contributed by atoms with Crippen LogP contribution in [0.3, 0.4) is 0 Å². The fourth-order valence-corrected chi connectivity index (χ4v) is 2.02. The van der Waals surface area contributed by atoms with Crippen LogP contribution in [0.2, 0.25) is 0 Å². The van der Waals surface area contributed by atoms with E-state index in [-0.39, 0.29) is 17.6 Å². The maximum absolute atomic E-state index is 12.3. The van der Waals surface area contributed by atoms with Crippen LogP contribution in [0.25, 0.3) is 0 Å². The van der Waals surface area contributed by atoms with E-state index in [0.717, 1.165) is 16.9 Å². The van der Waals surface area contributed by atoms with Gasteiger partial charge in [0, 0.05) is 18.0 Å². The molecule has 0 aromatic heterocycles. The SMILES string of the molecule is CCOc1ccc(C(=O)C(CN)C(C)C)cc1C. The smallest absolute Gasteiger partial charge is 0.167 e. The zero-order valence-electron chi connectivity index (χ0n) is 11.7. The van der Waals surface area contributed by atoms with Gasteiger partial charge in [-0.2, -0.15) is 0 Å². The normalized spacial score (nSPS) is 12.6. The monoisotopic (exact) mass is 249 g/mol. The highest BCUT2D eigenvalue weighted by molar-refractivity contribution is 5.98. The molecule has 1 rings (SSSR count). The summed E-state index contributed by atoms with van der Waals surface area (Å²) in [4.78, 5) is 12.3. The first-order valence-corrected chi connectivity index (χ1v) is 6.49. The lowest BCUT2D eigenvalue weighted by Crippen LogP contribution is -2.28. The Hall–Kier alpha value is -1.35. The van der Waals surface area contributed by atoms with Gasteiger partial charge in [0.1, 0.15) is 5.75 Å². The lowest BCUT2D eigenvalue weighted by molar-refractivity contribution is 0.0892. The molecule has 0 aliphatic carbocycles. The van der Waals surface area contributed by atoms with E-state index in [4.69, 9.17) is 10.5 Å². The Bertz CT molecular complexity index is 413. The Morgan fingerprint density at radius 3 is 2.50 bits per heavy atom. The van der Waals surface area contributed by atoms with Crippen LogP contribution in [-0.2, 0) is 0 Å². The molecule has 100 valence electrons. The van der Waals surface area contributed by atoms with Gasteiger partial charge in [-0.3, -0.25) is 4.79 Å². The summed E-state index contributed by atoms with van der Waals surface area (Å²) >= 11 is 0. The second-order valence-corrected chi connectivity index (χ2v) is 4.86. The molecule has 1 unspecified atom stereocenters. The summed E-state index contributed by atoms with van der Waals surface area (Å²) in [5.74, 6) is 1.11. The summed E-state index contributed by atoms with van der Waals surface area (Å²) < 4.78 is 5.47. The Kier molecular flexibility index (Phi) is 5.35. The number of carbonyl (C=O) groups excluding carboxylic acids is 1. The highest BCUT2D eigenvalue weighted by Crippen LogP contribution is 2.22. The van der Waals surface area contributed by atoms with Crippen LogP contribution >= 0.6 is 0 Å². The number of ketones is 1. The number of rotatable bonds is 6. The average Bonchev–Trinajstić information content (AvgIpc) is 2.32. The third-order valence-electron chi connectivity index (χ3n) is 3.15. The van der Waals surface area contributed by atoms with Gasteiger partial charge in [-0.15, -0.1) is 0 Å². The van der Waals surface area contributed by atoms with Crippen LogP contribution in [0.1, 0.15) is 36.7 Å². The van der Waals surface area contributed by atoms with Crippen LogP contribution in [0.5, 0.6) is 5.75 Å². The van der Waals surface area contributed by atoms with Crippen molar-refractivity contribution >= 4 is 5.78 Å². The molecule has 0 aliphatic rings. The Morgan fingerprint density at radius 2 is 2.06 bits per heavy atom. The van der Waals surface area contributed by atoms with Gasteiger partial charge in [-0.05, 0) is 43.5 Å². The predicted octanol–water partition coefficient (Wildman–Crippen LogP) is 2.81. The molecule has 0 bridgehead atoms. The molecule has 0 heterocycles. The number of hydrogen-bond acceptors (Lipinski definition) is 3. The van der Waals surface area contributed by atoms with Crippen LogP contribution in [0.4, 0.5) is 0 Å². The number of nitrogens with two attached hydrogens (primary N) is 1. The van der Waals surface area contributed by atoms with Crippen LogP contribution in [0, 0.1) is 18.8 Å². The fraction of sp³-hybridized carbons (Fsp3) is 0.533. The minimum atomic E-state index is -0.109. The van der Waals surface area contributed by atoms with Gasteiger partial charge in [-0.1, -0.05) is 13.8 Å². The summed E-state index contributed by atoms with van der Waals surface area (Å²) in [6, 6.07) is 5.57. The van der Waals surface area contributed by atoms with Gasteiger partial charge in [0.25, 0.3) is 0 Å². The van der Waals surface area contributed by atoms with Crippen molar-refractivity contribution in [3.8, 4) is 5.75 Å². The molecule has 0 amide bonds. The molecule has 18 heavy (non-hydrogen) atoms. The van der Waals surface area contributed by atoms with E-state index >= 15 is 0 Å². The molecule has 1 atom stereocenters. The number of carbonyl (C=O) groups is 1. The molecular weight excluding hydrogens is 226 g/mol. The number of ether oxygens (including phenoxy) is 1. The van der Waals surface area contributed by atoms with Crippen molar-refractivity contribution < 1.29 is 9.53 Å². The van der Waals surface area contributed by atoms with Gasteiger partial charge in [-0.25, -0.2) is 0 Å². The summed E-state index contributed by atoms with van der Waals surface area (Å²) in [5.41, 5.74) is 7.39. The number of benzene rings is 1. The third kappa shape index (κ3) is 3.33. The van der Waals surface area contributed by atoms with E-state index in [1.165, 1.54) is 0 Å². The molecule has 0 aliphatic heterocycles. The van der Waals surface area contributed by atoms with E-state index in [9.17, 15) is 4.79 Å². The molecule has 2 N–H and O–H groups in total. The summed E-state index contributed by atoms with van der Waals surface area (Å²) in [6.07, 6.45) is 0. The summed E-state index contributed by atoms with van der Waals surface area (Å²) in [6.45, 7) is 8.97. The highest BCUT2D eigenvalue weighted by Gasteiger charge is 2.22. The number of Topliss-reactive ketones (excluding diaryl/α,β-unsaturated/α-hetero) is 1. The van der Waals surface area contributed by atoms with Gasteiger partial charge < -0.3 is 10.5 Å². The van der Waals surface area contributed by atoms with Crippen molar-refractivity contribution in [3.05, 3.63) is 29.3 Å². The molecule has 0 radical (unpaired) electrons. The molecule has 1 aromatic rings. The molecule has 3 heteroatoms. The first-order valence-electron chi connectivity index (χ1n) is 6.49. The minimum Gasteiger partial charge on any atom is -0.494 e. The Labute approximate surface area is 109 Å². The lowest BCUT2D eigenvalue weighted by atomic mass is 9.87. The van der Waals surface area contributed by atoms with Crippen LogP contribution < -0.4 is 10.5 Å². The van der Waals surface area contributed by atoms with Crippen molar-refractivity contribution in [2.45, 2.75) is 27.7 Å². The fourth-order valence-electron chi connectivity index (χ4n) is 2.02. The quantitative estimate of drug-likeness (QED) is 0.789. The van der Waals surface area contributed by atoms with E-state index in [1.54, 1.807) is 0 Å². The molecule has 0 saturated heterocycles. The average molecular weight is 249 g/mol. The minimum absolute atomic E-state index is 0.109.